The van der Waals surface area contributed by atoms with Gasteiger partial charge in [0.1, 0.15) is 0 Å². The van der Waals surface area contributed by atoms with Gasteiger partial charge in [-0.2, -0.15) is 11.8 Å². The van der Waals surface area contributed by atoms with Crippen molar-refractivity contribution in [2.75, 3.05) is 43.2 Å². The second kappa shape index (κ2) is 7.56. The summed E-state index contributed by atoms with van der Waals surface area (Å²) in [5, 5.41) is 3.16. The maximum absolute atomic E-state index is 12.1. The van der Waals surface area contributed by atoms with E-state index in [1.54, 1.807) is 23.9 Å². The first kappa shape index (κ1) is 16.9. The molecular formula is C13H21N3O2S2. The number of nitrogen functional groups attached to an aromatic ring is 1. The van der Waals surface area contributed by atoms with Crippen molar-refractivity contribution in [1.29, 1.82) is 0 Å². The van der Waals surface area contributed by atoms with E-state index in [-0.39, 0.29) is 4.90 Å². The number of anilines is 2. The zero-order valence-corrected chi connectivity index (χ0v) is 13.4. The third-order valence-electron chi connectivity index (χ3n) is 2.60. The van der Waals surface area contributed by atoms with Crippen LogP contribution in [0.3, 0.4) is 0 Å². The predicted octanol–water partition coefficient (Wildman–Crippen LogP) is 1.85. The molecular weight excluding hydrogens is 294 g/mol. The first-order valence-electron chi connectivity index (χ1n) is 6.14. The van der Waals surface area contributed by atoms with E-state index in [0.717, 1.165) is 11.5 Å². The topological polar surface area (TPSA) is 75.4 Å². The van der Waals surface area contributed by atoms with E-state index < -0.39 is 10.0 Å². The van der Waals surface area contributed by atoms with Crippen molar-refractivity contribution in [3.63, 3.8) is 0 Å². The Balaban J connectivity index is 2.80. The largest absolute Gasteiger partial charge is 0.397 e. The Labute approximate surface area is 125 Å². The fraction of sp³-hybridized carbons (Fsp3) is 0.385. The number of rotatable bonds is 8. The Morgan fingerprint density at radius 3 is 2.75 bits per heavy atom. The Kier molecular flexibility index (Phi) is 6.38. The van der Waals surface area contributed by atoms with Crippen molar-refractivity contribution in [2.24, 2.45) is 0 Å². The average molecular weight is 315 g/mol. The Bertz CT molecular complexity index is 557. The molecule has 0 atom stereocenters. The van der Waals surface area contributed by atoms with Gasteiger partial charge in [-0.25, -0.2) is 12.7 Å². The van der Waals surface area contributed by atoms with Gasteiger partial charge in [-0.05, 0) is 18.2 Å². The molecule has 1 aromatic rings. The van der Waals surface area contributed by atoms with E-state index in [9.17, 15) is 8.42 Å². The molecule has 0 amide bonds. The van der Waals surface area contributed by atoms with Crippen molar-refractivity contribution in [2.45, 2.75) is 4.90 Å². The van der Waals surface area contributed by atoms with Crippen LogP contribution in [0.25, 0.3) is 0 Å². The lowest BCUT2D eigenvalue weighted by Gasteiger charge is -2.14. The molecule has 0 aromatic heterocycles. The summed E-state index contributed by atoms with van der Waals surface area (Å²) in [5.74, 6) is 1.79. The molecule has 0 aliphatic carbocycles. The van der Waals surface area contributed by atoms with Crippen LogP contribution in [0, 0.1) is 0 Å². The number of sulfonamides is 1. The van der Waals surface area contributed by atoms with Crippen LogP contribution in [-0.4, -0.2) is 44.9 Å². The molecule has 1 rings (SSSR count). The highest BCUT2D eigenvalue weighted by molar-refractivity contribution is 7.99. The second-order valence-electron chi connectivity index (χ2n) is 4.33. The van der Waals surface area contributed by atoms with E-state index >= 15 is 0 Å². The number of hydrogen-bond acceptors (Lipinski definition) is 5. The average Bonchev–Trinajstić information content (AvgIpc) is 2.40. The lowest BCUT2D eigenvalue weighted by atomic mass is 10.2. The smallest absolute Gasteiger partial charge is 0.242 e. The highest BCUT2D eigenvalue weighted by Gasteiger charge is 2.18. The van der Waals surface area contributed by atoms with E-state index in [4.69, 9.17) is 5.73 Å². The molecule has 0 radical (unpaired) electrons. The molecule has 0 aliphatic heterocycles. The van der Waals surface area contributed by atoms with Gasteiger partial charge in [0.15, 0.2) is 0 Å². The van der Waals surface area contributed by atoms with Gasteiger partial charge < -0.3 is 11.1 Å². The van der Waals surface area contributed by atoms with E-state index in [1.807, 2.05) is 6.08 Å². The molecule has 0 bridgehead atoms. The summed E-state index contributed by atoms with van der Waals surface area (Å²) in [4.78, 5) is 0.234. The SMILES string of the molecule is C=CCSCCNc1cc(S(=O)(=O)N(C)C)ccc1N. The Morgan fingerprint density at radius 1 is 1.45 bits per heavy atom. The van der Waals surface area contributed by atoms with Gasteiger partial charge in [-0.15, -0.1) is 6.58 Å². The van der Waals surface area contributed by atoms with Crippen LogP contribution in [0.2, 0.25) is 0 Å². The summed E-state index contributed by atoms with van der Waals surface area (Å²) in [7, 11) is -0.427. The molecule has 0 heterocycles. The van der Waals surface area contributed by atoms with Crippen LogP contribution in [-0.2, 0) is 10.0 Å². The number of benzene rings is 1. The van der Waals surface area contributed by atoms with Gasteiger partial charge in [0.25, 0.3) is 0 Å². The summed E-state index contributed by atoms with van der Waals surface area (Å²) < 4.78 is 25.3. The van der Waals surface area contributed by atoms with Crippen molar-refractivity contribution in [3.05, 3.63) is 30.9 Å². The molecule has 0 fully saturated rings. The fourth-order valence-electron chi connectivity index (χ4n) is 1.48. The highest BCUT2D eigenvalue weighted by Crippen LogP contribution is 2.24. The van der Waals surface area contributed by atoms with Crippen LogP contribution in [0.5, 0.6) is 0 Å². The van der Waals surface area contributed by atoms with Crippen LogP contribution in [0.15, 0.2) is 35.7 Å². The lowest BCUT2D eigenvalue weighted by molar-refractivity contribution is 0.521. The minimum atomic E-state index is -3.44. The van der Waals surface area contributed by atoms with Gasteiger partial charge in [0, 0.05) is 32.1 Å². The zero-order chi connectivity index (χ0) is 15.2. The summed E-state index contributed by atoms with van der Waals surface area (Å²) in [6.45, 7) is 4.37. The van der Waals surface area contributed by atoms with Crippen molar-refractivity contribution >= 4 is 33.2 Å². The molecule has 1 aromatic carbocycles. The van der Waals surface area contributed by atoms with Crippen molar-refractivity contribution < 1.29 is 8.42 Å². The molecule has 0 saturated heterocycles. The van der Waals surface area contributed by atoms with E-state index in [2.05, 4.69) is 11.9 Å². The number of hydrogen-bond donors (Lipinski definition) is 2. The van der Waals surface area contributed by atoms with Crippen LogP contribution in [0.4, 0.5) is 11.4 Å². The maximum atomic E-state index is 12.1. The molecule has 0 spiro atoms. The molecule has 0 aliphatic rings. The van der Waals surface area contributed by atoms with Gasteiger partial charge in [-0.3, -0.25) is 0 Å². The van der Waals surface area contributed by atoms with Gasteiger partial charge in [0.2, 0.25) is 10.0 Å². The monoisotopic (exact) mass is 315 g/mol. The van der Waals surface area contributed by atoms with Crippen LogP contribution in [0.1, 0.15) is 0 Å². The van der Waals surface area contributed by atoms with E-state index in [1.165, 1.54) is 24.5 Å². The molecule has 0 unspecified atom stereocenters. The predicted molar refractivity (Wildman–Crippen MR) is 87.7 cm³/mol. The summed E-state index contributed by atoms with van der Waals surface area (Å²) in [6, 6.07) is 4.70. The number of nitrogens with one attached hydrogen (secondary N) is 1. The normalized spacial score (nSPS) is 11.6. The number of thioether (sulfide) groups is 1. The van der Waals surface area contributed by atoms with Gasteiger partial charge >= 0.3 is 0 Å². The minimum absolute atomic E-state index is 0.234. The third-order valence-corrected chi connectivity index (χ3v) is 5.38. The number of nitrogens with zero attached hydrogens (tertiary/aromatic N) is 1. The second-order valence-corrected chi connectivity index (χ2v) is 7.63. The summed E-state index contributed by atoms with van der Waals surface area (Å²) >= 11 is 1.75. The molecule has 7 heteroatoms. The van der Waals surface area contributed by atoms with Gasteiger partial charge in [-0.1, -0.05) is 6.08 Å². The van der Waals surface area contributed by atoms with Crippen molar-refractivity contribution in [3.8, 4) is 0 Å². The molecule has 20 heavy (non-hydrogen) atoms. The molecule has 0 saturated carbocycles. The van der Waals surface area contributed by atoms with E-state index in [0.29, 0.717) is 17.9 Å². The summed E-state index contributed by atoms with van der Waals surface area (Å²) in [5.41, 5.74) is 7.04. The standard InChI is InChI=1S/C13H21N3O2S2/c1-4-8-19-9-7-15-13-10-11(5-6-12(13)14)20(17,18)16(2)3/h4-6,10,15H,1,7-9,14H2,2-3H3. The third kappa shape index (κ3) is 4.43. The Hall–Kier alpha value is -1.18. The molecule has 112 valence electrons. The first-order chi connectivity index (χ1) is 9.39. The van der Waals surface area contributed by atoms with Crippen LogP contribution < -0.4 is 11.1 Å². The fourth-order valence-corrected chi connectivity index (χ4v) is 2.99. The van der Waals surface area contributed by atoms with Gasteiger partial charge in [0.05, 0.1) is 16.3 Å². The van der Waals surface area contributed by atoms with Crippen molar-refractivity contribution in [1.82, 2.24) is 4.31 Å². The summed E-state index contributed by atoms with van der Waals surface area (Å²) in [6.07, 6.45) is 1.85. The maximum Gasteiger partial charge on any atom is 0.242 e. The molecule has 3 N–H and O–H groups in total. The Morgan fingerprint density at radius 2 is 2.15 bits per heavy atom. The highest BCUT2D eigenvalue weighted by atomic mass is 32.2. The quantitative estimate of drug-likeness (QED) is 0.435. The minimum Gasteiger partial charge on any atom is -0.397 e. The lowest BCUT2D eigenvalue weighted by Crippen LogP contribution is -2.22. The molecule has 5 nitrogen and oxygen atoms in total. The van der Waals surface area contributed by atoms with Crippen LogP contribution >= 0.6 is 11.8 Å². The zero-order valence-electron chi connectivity index (χ0n) is 11.8. The number of nitrogens with two attached hydrogens (primary N) is 1. The first-order valence-corrected chi connectivity index (χ1v) is 8.73.